The average Bonchev–Trinajstić information content (AvgIpc) is 2.27. The molecule has 1 unspecified atom stereocenters. The number of benzene rings is 1. The third-order valence-corrected chi connectivity index (χ3v) is 4.91. The van der Waals surface area contributed by atoms with E-state index in [0.717, 1.165) is 5.56 Å². The lowest BCUT2D eigenvalue weighted by atomic mass is 10.2. The van der Waals surface area contributed by atoms with Gasteiger partial charge < -0.3 is 5.73 Å². The van der Waals surface area contributed by atoms with Gasteiger partial charge in [-0.1, -0.05) is 37.6 Å². The van der Waals surface area contributed by atoms with Crippen molar-refractivity contribution >= 4 is 21.3 Å². The van der Waals surface area contributed by atoms with Gasteiger partial charge in [0.15, 0.2) is 0 Å². The highest BCUT2D eigenvalue weighted by molar-refractivity contribution is 7.92. The Morgan fingerprint density at radius 2 is 2.17 bits per heavy atom. The van der Waals surface area contributed by atoms with E-state index in [2.05, 4.69) is 18.2 Å². The molecule has 2 N–H and O–H groups in total. The van der Waals surface area contributed by atoms with Crippen LogP contribution in [-0.4, -0.2) is 23.1 Å². The monoisotopic (exact) mass is 288 g/mol. The zero-order chi connectivity index (χ0) is 13.6. The molecule has 0 aliphatic rings. The summed E-state index contributed by atoms with van der Waals surface area (Å²) in [6, 6.07) is 7.43. The van der Waals surface area contributed by atoms with Gasteiger partial charge in [0, 0.05) is 17.3 Å². The Morgan fingerprint density at radius 1 is 1.44 bits per heavy atom. The highest BCUT2D eigenvalue weighted by Crippen LogP contribution is 2.15. The maximum atomic E-state index is 12.7. The number of nitrogens with zero attached hydrogens (tertiary/aromatic N) is 1. The zero-order valence-corrected chi connectivity index (χ0v) is 12.5. The van der Waals surface area contributed by atoms with E-state index in [4.69, 9.17) is 17.3 Å². The van der Waals surface area contributed by atoms with Gasteiger partial charge in [0.25, 0.3) is 0 Å². The summed E-state index contributed by atoms with van der Waals surface area (Å²) in [5.41, 5.74) is 6.49. The van der Waals surface area contributed by atoms with Crippen molar-refractivity contribution in [1.29, 1.82) is 0 Å². The molecule has 3 nitrogen and oxygen atoms in total. The molecule has 0 aromatic heterocycles. The Morgan fingerprint density at radius 3 is 2.72 bits per heavy atom. The number of rotatable bonds is 6. The van der Waals surface area contributed by atoms with Crippen LogP contribution < -0.4 is 5.73 Å². The molecule has 102 valence electrons. The summed E-state index contributed by atoms with van der Waals surface area (Å²) in [7, 11) is -2.26. The van der Waals surface area contributed by atoms with Crippen LogP contribution in [0.1, 0.15) is 19.4 Å². The standard InChI is InChI=1S/C13H21ClN2OS/c1-11(2)9-16-18(17,7-6-15)10-12-4-3-5-13(14)8-12/h3-5,8,11H,6-7,9-10,15H2,1-2H3. The summed E-state index contributed by atoms with van der Waals surface area (Å²) in [5.74, 6) is 1.27. The molecule has 0 saturated carbocycles. The summed E-state index contributed by atoms with van der Waals surface area (Å²) < 4.78 is 17.1. The second-order valence-electron chi connectivity index (χ2n) is 4.75. The van der Waals surface area contributed by atoms with E-state index in [-0.39, 0.29) is 0 Å². The quantitative estimate of drug-likeness (QED) is 0.875. The second-order valence-corrected chi connectivity index (χ2v) is 7.68. The van der Waals surface area contributed by atoms with Gasteiger partial charge in [-0.2, -0.15) is 0 Å². The van der Waals surface area contributed by atoms with E-state index >= 15 is 0 Å². The molecular weight excluding hydrogens is 268 g/mol. The maximum absolute atomic E-state index is 12.7. The Bertz CT molecular complexity index is 494. The average molecular weight is 289 g/mol. The van der Waals surface area contributed by atoms with E-state index in [0.29, 0.717) is 35.5 Å². The molecule has 18 heavy (non-hydrogen) atoms. The van der Waals surface area contributed by atoms with Crippen LogP contribution in [0.15, 0.2) is 28.6 Å². The summed E-state index contributed by atoms with van der Waals surface area (Å²) in [4.78, 5) is 0. The normalized spacial score (nSPS) is 14.5. The number of nitrogens with two attached hydrogens (primary N) is 1. The van der Waals surface area contributed by atoms with E-state index < -0.39 is 9.73 Å². The zero-order valence-electron chi connectivity index (χ0n) is 10.9. The Balaban J connectivity index is 2.92. The van der Waals surface area contributed by atoms with Crippen molar-refractivity contribution in [3.8, 4) is 0 Å². The molecule has 0 aliphatic heterocycles. The highest BCUT2D eigenvalue weighted by atomic mass is 35.5. The van der Waals surface area contributed by atoms with Crippen molar-refractivity contribution in [2.45, 2.75) is 19.6 Å². The molecule has 5 heteroatoms. The summed E-state index contributed by atoms with van der Waals surface area (Å²) in [6.45, 7) is 5.12. The van der Waals surface area contributed by atoms with Crippen LogP contribution in [0, 0.1) is 5.92 Å². The van der Waals surface area contributed by atoms with Gasteiger partial charge in [0.2, 0.25) is 0 Å². The SMILES string of the molecule is CC(C)CN=S(=O)(CCN)Cc1cccc(Cl)c1. The Labute approximate surface area is 115 Å². The van der Waals surface area contributed by atoms with E-state index in [9.17, 15) is 4.21 Å². The van der Waals surface area contributed by atoms with Crippen LogP contribution in [0.5, 0.6) is 0 Å². The summed E-state index contributed by atoms with van der Waals surface area (Å²) >= 11 is 5.93. The molecule has 0 bridgehead atoms. The first-order chi connectivity index (χ1) is 8.45. The fraction of sp³-hybridized carbons (Fsp3) is 0.538. The van der Waals surface area contributed by atoms with Crippen LogP contribution in [0.3, 0.4) is 0 Å². The molecule has 0 fully saturated rings. The predicted octanol–water partition coefficient (Wildman–Crippen LogP) is 2.92. The smallest absolute Gasteiger partial charge is 0.0569 e. The minimum absolute atomic E-state index is 0.390. The number of halogens is 1. The predicted molar refractivity (Wildman–Crippen MR) is 79.4 cm³/mol. The third-order valence-electron chi connectivity index (χ3n) is 2.39. The summed E-state index contributed by atoms with van der Waals surface area (Å²) in [6.07, 6.45) is 0. The first-order valence-corrected chi connectivity index (χ1v) is 8.31. The highest BCUT2D eigenvalue weighted by Gasteiger charge is 2.10. The molecule has 0 saturated heterocycles. The van der Waals surface area contributed by atoms with Crippen molar-refractivity contribution in [1.82, 2.24) is 0 Å². The minimum Gasteiger partial charge on any atom is -0.330 e. The molecule has 0 spiro atoms. The van der Waals surface area contributed by atoms with E-state index in [1.165, 1.54) is 0 Å². The van der Waals surface area contributed by atoms with Crippen molar-refractivity contribution in [3.05, 3.63) is 34.9 Å². The van der Waals surface area contributed by atoms with Crippen LogP contribution >= 0.6 is 11.6 Å². The molecule has 1 rings (SSSR count). The minimum atomic E-state index is -2.26. The van der Waals surface area contributed by atoms with Crippen LogP contribution in [0.4, 0.5) is 0 Å². The summed E-state index contributed by atoms with van der Waals surface area (Å²) in [5, 5.41) is 0.658. The van der Waals surface area contributed by atoms with Gasteiger partial charge in [0.05, 0.1) is 22.0 Å². The van der Waals surface area contributed by atoms with Gasteiger partial charge >= 0.3 is 0 Å². The fourth-order valence-corrected chi connectivity index (χ4v) is 3.75. The van der Waals surface area contributed by atoms with Crippen molar-refractivity contribution in [2.24, 2.45) is 16.0 Å². The van der Waals surface area contributed by atoms with Gasteiger partial charge in [-0.05, 0) is 23.6 Å². The third kappa shape index (κ3) is 5.38. The Hall–Kier alpha value is -0.580. The topological polar surface area (TPSA) is 55.5 Å². The largest absolute Gasteiger partial charge is 0.330 e. The van der Waals surface area contributed by atoms with E-state index in [1.54, 1.807) is 6.07 Å². The van der Waals surface area contributed by atoms with Gasteiger partial charge in [-0.3, -0.25) is 0 Å². The molecule has 0 radical (unpaired) electrons. The fourth-order valence-electron chi connectivity index (χ4n) is 1.54. The van der Waals surface area contributed by atoms with Crippen LogP contribution in [-0.2, 0) is 15.5 Å². The maximum Gasteiger partial charge on any atom is 0.0569 e. The van der Waals surface area contributed by atoms with Gasteiger partial charge in [-0.15, -0.1) is 0 Å². The van der Waals surface area contributed by atoms with Crippen LogP contribution in [0.25, 0.3) is 0 Å². The second kappa shape index (κ2) is 7.12. The number of hydrogen-bond donors (Lipinski definition) is 1. The lowest BCUT2D eigenvalue weighted by Gasteiger charge is -2.11. The van der Waals surface area contributed by atoms with Crippen LogP contribution in [0.2, 0.25) is 5.02 Å². The first-order valence-electron chi connectivity index (χ1n) is 6.08. The van der Waals surface area contributed by atoms with Crippen molar-refractivity contribution < 1.29 is 4.21 Å². The van der Waals surface area contributed by atoms with Gasteiger partial charge in [0.1, 0.15) is 0 Å². The van der Waals surface area contributed by atoms with Crippen molar-refractivity contribution in [3.63, 3.8) is 0 Å². The number of hydrogen-bond acceptors (Lipinski definition) is 3. The molecule has 0 aliphatic carbocycles. The molecule has 1 aromatic rings. The molecule has 1 aromatic carbocycles. The first kappa shape index (κ1) is 15.5. The lowest BCUT2D eigenvalue weighted by Crippen LogP contribution is -2.18. The molecule has 1 atom stereocenters. The van der Waals surface area contributed by atoms with Gasteiger partial charge in [-0.25, -0.2) is 8.57 Å². The molecule has 0 heterocycles. The molecule has 0 amide bonds. The lowest BCUT2D eigenvalue weighted by molar-refractivity contribution is 0.648. The Kier molecular flexibility index (Phi) is 6.12. The van der Waals surface area contributed by atoms with E-state index in [1.807, 2.05) is 18.2 Å². The van der Waals surface area contributed by atoms with Crippen molar-refractivity contribution in [2.75, 3.05) is 18.8 Å². The molecular formula is C13H21ClN2OS.